The maximum atomic E-state index is 6.16. The van der Waals surface area contributed by atoms with Gasteiger partial charge in [0.1, 0.15) is 5.75 Å². The van der Waals surface area contributed by atoms with Crippen LogP contribution in [0.3, 0.4) is 0 Å². The van der Waals surface area contributed by atoms with Crippen LogP contribution in [-0.4, -0.2) is 39.4 Å². The standard InChI is InChI=1S/C19H25ClN4OS/c1-25-17-9-8-14(20)11-15(17)18-21-19(26)24(22-18)12-23-10-4-6-13-5-2-3-7-16(13)23/h8-9,11,13,16H,2-7,10,12H2,1H3,(H,21,22,26)/t13-,16-/m0/s1. The summed E-state index contributed by atoms with van der Waals surface area (Å²) in [5.41, 5.74) is 0.832. The summed E-state index contributed by atoms with van der Waals surface area (Å²) in [5, 5.41) is 4.01. The Morgan fingerprint density at radius 2 is 2.08 bits per heavy atom. The predicted molar refractivity (Wildman–Crippen MR) is 106 cm³/mol. The van der Waals surface area contributed by atoms with Gasteiger partial charge >= 0.3 is 0 Å². The fraction of sp³-hybridized carbons (Fsp3) is 0.579. The van der Waals surface area contributed by atoms with E-state index in [4.69, 9.17) is 28.6 Å². The van der Waals surface area contributed by atoms with Crippen molar-refractivity contribution in [1.29, 1.82) is 0 Å². The molecule has 140 valence electrons. The molecule has 0 bridgehead atoms. The van der Waals surface area contributed by atoms with Gasteiger partial charge in [0.2, 0.25) is 4.77 Å². The van der Waals surface area contributed by atoms with E-state index in [0.717, 1.165) is 30.4 Å². The van der Waals surface area contributed by atoms with E-state index in [-0.39, 0.29) is 0 Å². The molecule has 2 fully saturated rings. The number of likely N-dealkylation sites (tertiary alicyclic amines) is 1. The molecule has 7 heteroatoms. The highest BCUT2D eigenvalue weighted by molar-refractivity contribution is 7.71. The molecule has 2 aliphatic rings. The Kier molecular flexibility index (Phi) is 5.34. The lowest BCUT2D eigenvalue weighted by atomic mass is 9.78. The van der Waals surface area contributed by atoms with Crippen molar-refractivity contribution < 1.29 is 4.74 Å². The minimum Gasteiger partial charge on any atom is -0.496 e. The number of H-pyrrole nitrogens is 1. The first-order valence-corrected chi connectivity index (χ1v) is 10.2. The van der Waals surface area contributed by atoms with Crippen LogP contribution in [0.5, 0.6) is 5.75 Å². The normalized spacial score (nSPS) is 23.6. The highest BCUT2D eigenvalue weighted by Gasteiger charge is 2.33. The smallest absolute Gasteiger partial charge is 0.217 e. The Balaban J connectivity index is 1.59. The molecule has 1 aliphatic heterocycles. The maximum absolute atomic E-state index is 6.16. The van der Waals surface area contributed by atoms with E-state index in [9.17, 15) is 0 Å². The molecule has 2 aromatic rings. The third-order valence-corrected chi connectivity index (χ3v) is 6.32. The number of rotatable bonds is 4. The Morgan fingerprint density at radius 1 is 1.27 bits per heavy atom. The van der Waals surface area contributed by atoms with Gasteiger partial charge in [-0.1, -0.05) is 24.4 Å². The van der Waals surface area contributed by atoms with Gasteiger partial charge in [-0.15, -0.1) is 0 Å². The fourth-order valence-corrected chi connectivity index (χ4v) is 4.89. The van der Waals surface area contributed by atoms with Crippen molar-refractivity contribution in [2.75, 3.05) is 13.7 Å². The second-order valence-electron chi connectivity index (χ2n) is 7.34. The van der Waals surface area contributed by atoms with Crippen molar-refractivity contribution in [3.8, 4) is 17.1 Å². The van der Waals surface area contributed by atoms with Crippen LogP contribution in [0, 0.1) is 10.7 Å². The van der Waals surface area contributed by atoms with E-state index in [0.29, 0.717) is 21.7 Å². The van der Waals surface area contributed by atoms with Crippen LogP contribution in [-0.2, 0) is 6.67 Å². The Morgan fingerprint density at radius 3 is 2.92 bits per heavy atom. The zero-order valence-corrected chi connectivity index (χ0v) is 16.7. The predicted octanol–water partition coefficient (Wildman–Crippen LogP) is 4.88. The van der Waals surface area contributed by atoms with Crippen LogP contribution in [0.25, 0.3) is 11.4 Å². The summed E-state index contributed by atoms with van der Waals surface area (Å²) in [6.07, 6.45) is 8.06. The number of aromatic nitrogens is 3. The molecule has 0 spiro atoms. The van der Waals surface area contributed by atoms with Crippen LogP contribution in [0.15, 0.2) is 18.2 Å². The van der Waals surface area contributed by atoms with Crippen molar-refractivity contribution in [3.05, 3.63) is 28.0 Å². The largest absolute Gasteiger partial charge is 0.496 e. The third-order valence-electron chi connectivity index (χ3n) is 5.78. The van der Waals surface area contributed by atoms with Gasteiger partial charge in [0.05, 0.1) is 19.3 Å². The van der Waals surface area contributed by atoms with E-state index in [1.807, 2.05) is 22.9 Å². The number of piperidine rings is 1. The lowest BCUT2D eigenvalue weighted by Crippen LogP contribution is -2.47. The lowest BCUT2D eigenvalue weighted by molar-refractivity contribution is 0.0324. The zero-order valence-electron chi connectivity index (χ0n) is 15.1. The van der Waals surface area contributed by atoms with Crippen molar-refractivity contribution >= 4 is 23.8 Å². The average molecular weight is 393 g/mol. The lowest BCUT2D eigenvalue weighted by Gasteiger charge is -2.44. The number of hydrogen-bond donors (Lipinski definition) is 1. The monoisotopic (exact) mass is 392 g/mol. The summed E-state index contributed by atoms with van der Waals surface area (Å²) >= 11 is 11.7. The van der Waals surface area contributed by atoms with Gasteiger partial charge < -0.3 is 4.74 Å². The number of ether oxygens (including phenoxy) is 1. The topological polar surface area (TPSA) is 46.1 Å². The molecule has 5 nitrogen and oxygen atoms in total. The van der Waals surface area contributed by atoms with Crippen molar-refractivity contribution in [1.82, 2.24) is 19.7 Å². The molecule has 26 heavy (non-hydrogen) atoms. The molecule has 1 saturated heterocycles. The summed E-state index contributed by atoms with van der Waals surface area (Å²) in [4.78, 5) is 7.14. The van der Waals surface area contributed by atoms with Crippen LogP contribution < -0.4 is 4.74 Å². The quantitative estimate of drug-likeness (QED) is 0.753. The Labute approximate surface area is 164 Å². The summed E-state index contributed by atoms with van der Waals surface area (Å²) in [6, 6.07) is 6.21. The molecule has 0 unspecified atom stereocenters. The maximum Gasteiger partial charge on any atom is 0.217 e. The van der Waals surface area contributed by atoms with Crippen molar-refractivity contribution in [3.63, 3.8) is 0 Å². The molecule has 0 radical (unpaired) electrons. The average Bonchev–Trinajstić information content (AvgIpc) is 3.02. The number of fused-ring (bicyclic) bond motifs is 1. The van der Waals surface area contributed by atoms with Gasteiger partial charge in [-0.25, -0.2) is 4.68 Å². The number of methoxy groups -OCH3 is 1. The van der Waals surface area contributed by atoms with Crippen molar-refractivity contribution in [2.24, 2.45) is 5.92 Å². The minimum atomic E-state index is 0.569. The summed E-state index contributed by atoms with van der Waals surface area (Å²) in [6.45, 7) is 1.91. The molecule has 0 amide bonds. The van der Waals surface area contributed by atoms with Crippen LogP contribution in [0.2, 0.25) is 5.02 Å². The van der Waals surface area contributed by atoms with Gasteiger partial charge in [-0.3, -0.25) is 10.00 Å². The van der Waals surface area contributed by atoms with E-state index in [1.54, 1.807) is 7.11 Å². The highest BCUT2D eigenvalue weighted by atomic mass is 35.5. The first-order valence-electron chi connectivity index (χ1n) is 9.40. The van der Waals surface area contributed by atoms with Crippen molar-refractivity contribution in [2.45, 2.75) is 51.2 Å². The molecule has 1 aromatic heterocycles. The summed E-state index contributed by atoms with van der Waals surface area (Å²) < 4.78 is 8.00. The molecule has 1 aromatic carbocycles. The van der Waals surface area contributed by atoms with Crippen LogP contribution in [0.1, 0.15) is 38.5 Å². The van der Waals surface area contributed by atoms with Crippen LogP contribution in [0.4, 0.5) is 0 Å². The molecule has 1 N–H and O–H groups in total. The molecular weight excluding hydrogens is 368 g/mol. The number of benzene rings is 1. The number of hydrogen-bond acceptors (Lipinski definition) is 4. The van der Waals surface area contributed by atoms with E-state index in [1.165, 1.54) is 38.5 Å². The molecule has 2 heterocycles. The van der Waals surface area contributed by atoms with E-state index >= 15 is 0 Å². The van der Waals surface area contributed by atoms with Gasteiger partial charge in [0.15, 0.2) is 5.82 Å². The Bertz CT molecular complexity index is 831. The SMILES string of the molecule is COc1ccc(Cl)cc1-c1nc(=S)n(CN2CCC[C@@H]3CCCC[C@@H]32)[nH]1. The first kappa shape index (κ1) is 18.0. The molecule has 1 saturated carbocycles. The van der Waals surface area contributed by atoms with E-state index in [2.05, 4.69) is 15.0 Å². The fourth-order valence-electron chi connectivity index (χ4n) is 4.52. The van der Waals surface area contributed by atoms with Gasteiger partial charge in [0, 0.05) is 17.6 Å². The Hall–Kier alpha value is -1.37. The number of nitrogens with zero attached hydrogens (tertiary/aromatic N) is 3. The number of nitrogens with one attached hydrogen (secondary N) is 1. The third kappa shape index (κ3) is 3.55. The van der Waals surface area contributed by atoms with E-state index < -0.39 is 0 Å². The molecule has 4 rings (SSSR count). The molecular formula is C19H25ClN4OS. The summed E-state index contributed by atoms with van der Waals surface area (Å²) in [7, 11) is 1.65. The van der Waals surface area contributed by atoms with Crippen LogP contribution >= 0.6 is 23.8 Å². The highest BCUT2D eigenvalue weighted by Crippen LogP contribution is 2.35. The second-order valence-corrected chi connectivity index (χ2v) is 8.14. The summed E-state index contributed by atoms with van der Waals surface area (Å²) in [5.74, 6) is 2.28. The first-order chi connectivity index (χ1) is 12.7. The number of halogens is 1. The number of aromatic amines is 1. The zero-order chi connectivity index (χ0) is 18.1. The molecule has 1 aliphatic carbocycles. The van der Waals surface area contributed by atoms with Gasteiger partial charge in [-0.05, 0) is 62.0 Å². The second kappa shape index (κ2) is 7.71. The van der Waals surface area contributed by atoms with Gasteiger partial charge in [-0.2, -0.15) is 4.98 Å². The van der Waals surface area contributed by atoms with Gasteiger partial charge in [0.25, 0.3) is 0 Å². The molecule has 2 atom stereocenters. The minimum absolute atomic E-state index is 0.569.